The molecule has 0 atom stereocenters. The third kappa shape index (κ3) is 4.18. The fraction of sp³-hybridized carbons (Fsp3) is 0.500. The van der Waals surface area contributed by atoms with E-state index in [2.05, 4.69) is 45.7 Å². The molecule has 1 aromatic carbocycles. The Morgan fingerprint density at radius 2 is 2.00 bits per heavy atom. The number of benzene rings is 1. The molecule has 1 aromatic heterocycles. The Balaban J connectivity index is 1.43. The van der Waals surface area contributed by atoms with E-state index in [1.807, 2.05) is 18.1 Å². The van der Waals surface area contributed by atoms with Gasteiger partial charge in [0.25, 0.3) is 0 Å². The molecule has 2 aliphatic rings. The van der Waals surface area contributed by atoms with Gasteiger partial charge in [-0.15, -0.1) is 0 Å². The molecule has 2 aliphatic heterocycles. The number of piperazine rings is 1. The number of guanidine groups is 1. The van der Waals surface area contributed by atoms with E-state index in [1.165, 1.54) is 5.56 Å². The van der Waals surface area contributed by atoms with Gasteiger partial charge < -0.3 is 19.9 Å². The van der Waals surface area contributed by atoms with Crippen LogP contribution in [-0.2, 0) is 22.0 Å². The van der Waals surface area contributed by atoms with Gasteiger partial charge in [0, 0.05) is 58.6 Å². The second kappa shape index (κ2) is 8.87. The summed E-state index contributed by atoms with van der Waals surface area (Å²) in [6.07, 6.45) is 5.54. The SMILES string of the molecule is CN=C(NCC1(c2ccccc2)CCOCC1)N1CCN(c2cnn(C)c2)C(=O)C1. The number of ether oxygens (including phenoxy) is 1. The number of carbonyl (C=O) groups excluding carboxylic acids is 1. The molecule has 1 N–H and O–H groups in total. The first-order valence-electron chi connectivity index (χ1n) is 10.5. The fourth-order valence-corrected chi connectivity index (χ4v) is 4.38. The van der Waals surface area contributed by atoms with E-state index in [1.54, 1.807) is 22.8 Å². The van der Waals surface area contributed by atoms with Gasteiger partial charge >= 0.3 is 0 Å². The molecule has 3 heterocycles. The molecular formula is C22H30N6O2. The van der Waals surface area contributed by atoms with E-state index in [0.29, 0.717) is 13.1 Å². The van der Waals surface area contributed by atoms with Crippen molar-refractivity contribution in [2.75, 3.05) is 51.3 Å². The highest BCUT2D eigenvalue weighted by molar-refractivity contribution is 5.98. The summed E-state index contributed by atoms with van der Waals surface area (Å²) in [4.78, 5) is 21.1. The molecule has 8 nitrogen and oxygen atoms in total. The lowest BCUT2D eigenvalue weighted by atomic mass is 9.74. The van der Waals surface area contributed by atoms with E-state index >= 15 is 0 Å². The molecule has 1 amide bonds. The lowest BCUT2D eigenvalue weighted by Gasteiger charge is -2.40. The highest BCUT2D eigenvalue weighted by Gasteiger charge is 2.35. The summed E-state index contributed by atoms with van der Waals surface area (Å²) in [5.74, 6) is 0.831. The predicted octanol–water partition coefficient (Wildman–Crippen LogP) is 1.39. The maximum Gasteiger partial charge on any atom is 0.246 e. The molecule has 4 rings (SSSR count). The molecule has 0 bridgehead atoms. The van der Waals surface area contributed by atoms with Crippen molar-refractivity contribution in [3.63, 3.8) is 0 Å². The van der Waals surface area contributed by atoms with E-state index in [0.717, 1.165) is 50.8 Å². The number of aryl methyl sites for hydroxylation is 1. The van der Waals surface area contributed by atoms with Crippen LogP contribution in [0.3, 0.4) is 0 Å². The quantitative estimate of drug-likeness (QED) is 0.609. The van der Waals surface area contributed by atoms with Gasteiger partial charge in [-0.1, -0.05) is 30.3 Å². The molecule has 2 aromatic rings. The fourth-order valence-electron chi connectivity index (χ4n) is 4.38. The van der Waals surface area contributed by atoms with Gasteiger partial charge in [-0.05, 0) is 18.4 Å². The van der Waals surface area contributed by atoms with Crippen molar-refractivity contribution in [2.24, 2.45) is 12.0 Å². The van der Waals surface area contributed by atoms with Gasteiger partial charge in [0.2, 0.25) is 5.91 Å². The van der Waals surface area contributed by atoms with Crippen LogP contribution >= 0.6 is 0 Å². The lowest BCUT2D eigenvalue weighted by Crippen LogP contribution is -2.57. The van der Waals surface area contributed by atoms with Gasteiger partial charge in [0.15, 0.2) is 5.96 Å². The predicted molar refractivity (Wildman–Crippen MR) is 117 cm³/mol. The van der Waals surface area contributed by atoms with Crippen molar-refractivity contribution >= 4 is 17.6 Å². The molecule has 0 spiro atoms. The highest BCUT2D eigenvalue weighted by Crippen LogP contribution is 2.34. The van der Waals surface area contributed by atoms with Crippen molar-refractivity contribution < 1.29 is 9.53 Å². The summed E-state index contributed by atoms with van der Waals surface area (Å²) in [5.41, 5.74) is 2.18. The standard InChI is InChI=1S/C22H30N6O2/c1-23-21(27-10-11-28(20(29)16-27)19-14-25-26(2)15-19)24-17-22(8-12-30-13-9-22)18-6-4-3-5-7-18/h3-7,14-15H,8-13,16-17H2,1-2H3,(H,23,24). The lowest BCUT2D eigenvalue weighted by molar-refractivity contribution is -0.120. The van der Waals surface area contributed by atoms with Crippen LogP contribution < -0.4 is 10.2 Å². The van der Waals surface area contributed by atoms with Gasteiger partial charge in [-0.3, -0.25) is 14.5 Å². The molecule has 0 unspecified atom stereocenters. The van der Waals surface area contributed by atoms with Crippen molar-refractivity contribution in [3.05, 3.63) is 48.3 Å². The Labute approximate surface area is 177 Å². The van der Waals surface area contributed by atoms with Gasteiger partial charge in [0.1, 0.15) is 6.54 Å². The van der Waals surface area contributed by atoms with Crippen LogP contribution in [0.15, 0.2) is 47.7 Å². The monoisotopic (exact) mass is 410 g/mol. The molecular weight excluding hydrogens is 380 g/mol. The Morgan fingerprint density at radius 3 is 2.63 bits per heavy atom. The third-order valence-electron chi connectivity index (χ3n) is 6.16. The van der Waals surface area contributed by atoms with E-state index < -0.39 is 0 Å². The minimum atomic E-state index is 0.0109. The summed E-state index contributed by atoms with van der Waals surface area (Å²) >= 11 is 0. The first-order valence-corrected chi connectivity index (χ1v) is 10.5. The van der Waals surface area contributed by atoms with Crippen molar-refractivity contribution in [1.82, 2.24) is 20.0 Å². The number of nitrogens with one attached hydrogen (secondary N) is 1. The summed E-state index contributed by atoms with van der Waals surface area (Å²) in [7, 11) is 3.63. The van der Waals surface area contributed by atoms with E-state index in [4.69, 9.17) is 4.74 Å². The smallest absolute Gasteiger partial charge is 0.246 e. The maximum absolute atomic E-state index is 12.8. The van der Waals surface area contributed by atoms with Crippen LogP contribution in [0.25, 0.3) is 0 Å². The molecule has 160 valence electrons. The molecule has 0 aliphatic carbocycles. The second-order valence-corrected chi connectivity index (χ2v) is 8.00. The first kappa shape index (κ1) is 20.4. The number of hydrogen-bond acceptors (Lipinski definition) is 4. The van der Waals surface area contributed by atoms with E-state index in [9.17, 15) is 4.79 Å². The highest BCUT2D eigenvalue weighted by atomic mass is 16.5. The number of nitrogens with zero attached hydrogens (tertiary/aromatic N) is 5. The van der Waals surface area contributed by atoms with Crippen molar-refractivity contribution in [2.45, 2.75) is 18.3 Å². The summed E-state index contributed by atoms with van der Waals surface area (Å²) in [6, 6.07) is 10.6. The van der Waals surface area contributed by atoms with Crippen LogP contribution in [0.1, 0.15) is 18.4 Å². The number of aromatic nitrogens is 2. The third-order valence-corrected chi connectivity index (χ3v) is 6.16. The number of carbonyl (C=O) groups is 1. The summed E-state index contributed by atoms with van der Waals surface area (Å²) < 4.78 is 7.35. The molecule has 2 fully saturated rings. The average Bonchev–Trinajstić information content (AvgIpc) is 3.21. The minimum absolute atomic E-state index is 0.0109. The van der Waals surface area contributed by atoms with Crippen LogP contribution in [0, 0.1) is 0 Å². The van der Waals surface area contributed by atoms with E-state index in [-0.39, 0.29) is 11.3 Å². The zero-order valence-electron chi connectivity index (χ0n) is 17.8. The molecule has 8 heteroatoms. The number of hydrogen-bond donors (Lipinski definition) is 1. The minimum Gasteiger partial charge on any atom is -0.381 e. The van der Waals surface area contributed by atoms with Gasteiger partial charge in [0.05, 0.1) is 11.9 Å². The van der Waals surface area contributed by atoms with Crippen LogP contribution in [0.2, 0.25) is 0 Å². The number of aliphatic imine (C=N–C) groups is 1. The largest absolute Gasteiger partial charge is 0.381 e. The maximum atomic E-state index is 12.8. The Kier molecular flexibility index (Phi) is 6.03. The zero-order valence-corrected chi connectivity index (χ0v) is 17.8. The normalized spacial score (nSPS) is 19.8. The molecule has 0 radical (unpaired) electrons. The Bertz CT molecular complexity index is 888. The summed E-state index contributed by atoms with van der Waals surface area (Å²) in [6.45, 7) is 3.93. The van der Waals surface area contributed by atoms with Crippen LogP contribution in [0.5, 0.6) is 0 Å². The number of rotatable bonds is 4. The summed E-state index contributed by atoms with van der Waals surface area (Å²) in [5, 5.41) is 7.74. The van der Waals surface area contributed by atoms with Crippen molar-refractivity contribution in [3.8, 4) is 0 Å². The molecule has 30 heavy (non-hydrogen) atoms. The zero-order chi connectivity index (χ0) is 21.0. The first-order chi connectivity index (χ1) is 14.6. The molecule has 0 saturated carbocycles. The Hall–Kier alpha value is -2.87. The topological polar surface area (TPSA) is 75.0 Å². The van der Waals surface area contributed by atoms with Crippen molar-refractivity contribution in [1.29, 1.82) is 0 Å². The van der Waals surface area contributed by atoms with Crippen LogP contribution in [-0.4, -0.2) is 73.0 Å². The van der Waals surface area contributed by atoms with Crippen LogP contribution in [0.4, 0.5) is 5.69 Å². The number of amides is 1. The van der Waals surface area contributed by atoms with Gasteiger partial charge in [-0.25, -0.2) is 0 Å². The molecule has 2 saturated heterocycles. The number of anilines is 1. The average molecular weight is 411 g/mol. The van der Waals surface area contributed by atoms with Gasteiger partial charge in [-0.2, -0.15) is 5.10 Å². The second-order valence-electron chi connectivity index (χ2n) is 8.00. The Morgan fingerprint density at radius 1 is 1.23 bits per heavy atom.